The number of aromatic amines is 1. The van der Waals surface area contributed by atoms with Gasteiger partial charge in [0.1, 0.15) is 23.7 Å². The highest BCUT2D eigenvalue weighted by Gasteiger charge is 2.35. The van der Waals surface area contributed by atoms with Crippen LogP contribution in [0.25, 0.3) is 11.2 Å². The molecule has 3 heterocycles. The summed E-state index contributed by atoms with van der Waals surface area (Å²) in [6, 6.07) is 0. The quantitative estimate of drug-likeness (QED) is 0.553. The Balaban J connectivity index is 2.04. The van der Waals surface area contributed by atoms with E-state index in [1.165, 1.54) is 17.8 Å². The molecule has 4 N–H and O–H groups in total. The molecule has 0 unspecified atom stereocenters. The lowest BCUT2D eigenvalue weighted by Crippen LogP contribution is -2.24. The van der Waals surface area contributed by atoms with Crippen molar-refractivity contribution in [1.82, 2.24) is 19.5 Å². The molecule has 118 valence electrons. The molecule has 1 fully saturated rings. The molecule has 22 heavy (non-hydrogen) atoms. The van der Waals surface area contributed by atoms with Gasteiger partial charge in [-0.05, 0) is 0 Å². The molecule has 3 atom stereocenters. The number of imidazole rings is 1. The Hall–Kier alpha value is -2.30. The number of hydrogen-bond donors (Lipinski definition) is 4. The molecule has 10 nitrogen and oxygen atoms in total. The monoisotopic (exact) mass is 309 g/mol. The van der Waals surface area contributed by atoms with Crippen molar-refractivity contribution in [2.45, 2.75) is 31.8 Å². The van der Waals surface area contributed by atoms with Crippen molar-refractivity contribution >= 4 is 22.9 Å². The van der Waals surface area contributed by atoms with Crippen LogP contribution < -0.4 is 11.0 Å². The van der Waals surface area contributed by atoms with E-state index < -0.39 is 24.1 Å². The topological polar surface area (TPSA) is 142 Å². The molecule has 1 saturated heterocycles. The Morgan fingerprint density at radius 2 is 2.41 bits per heavy atom. The Morgan fingerprint density at radius 1 is 1.64 bits per heavy atom. The van der Waals surface area contributed by atoms with Crippen molar-refractivity contribution in [3.8, 4) is 0 Å². The lowest BCUT2D eigenvalue weighted by Gasteiger charge is -2.13. The number of aliphatic hydroxyl groups excluding tert-OH is 2. The van der Waals surface area contributed by atoms with Crippen LogP contribution in [0.4, 0.5) is 5.82 Å². The summed E-state index contributed by atoms with van der Waals surface area (Å²) < 4.78 is 7.01. The van der Waals surface area contributed by atoms with E-state index in [0.29, 0.717) is 5.52 Å². The number of anilines is 1. The summed E-state index contributed by atoms with van der Waals surface area (Å²) in [7, 11) is 0. The summed E-state index contributed by atoms with van der Waals surface area (Å²) in [5.41, 5.74) is -0.112. The van der Waals surface area contributed by atoms with Gasteiger partial charge >= 0.3 is 5.69 Å². The summed E-state index contributed by atoms with van der Waals surface area (Å²) >= 11 is 0. The fraction of sp³-hybridized carbons (Fsp3) is 0.500. The Bertz CT molecular complexity index is 769. The molecular weight excluding hydrogens is 294 g/mol. The Labute approximate surface area is 123 Å². The zero-order valence-electron chi connectivity index (χ0n) is 11.7. The number of H-pyrrole nitrogens is 1. The molecule has 0 bridgehead atoms. The van der Waals surface area contributed by atoms with Gasteiger partial charge in [-0.25, -0.2) is 9.78 Å². The van der Waals surface area contributed by atoms with Crippen LogP contribution in [0.15, 0.2) is 11.1 Å². The van der Waals surface area contributed by atoms with Gasteiger partial charge in [0.2, 0.25) is 5.91 Å². The molecule has 2 aromatic rings. The number of aromatic nitrogens is 4. The second-order valence-corrected chi connectivity index (χ2v) is 5.04. The third kappa shape index (κ3) is 2.47. The van der Waals surface area contributed by atoms with Crippen LogP contribution in [0.3, 0.4) is 0 Å². The van der Waals surface area contributed by atoms with E-state index in [-0.39, 0.29) is 30.4 Å². The number of nitrogens with zero attached hydrogens (tertiary/aromatic N) is 3. The molecular formula is C12H15N5O5. The van der Waals surface area contributed by atoms with Gasteiger partial charge in [0.05, 0.1) is 19.0 Å². The molecule has 0 aromatic carbocycles. The number of carbonyl (C=O) groups is 1. The van der Waals surface area contributed by atoms with Crippen LogP contribution in [-0.2, 0) is 9.53 Å². The number of rotatable bonds is 3. The first-order chi connectivity index (χ1) is 10.5. The molecule has 1 aliphatic rings. The molecule has 1 amide bonds. The van der Waals surface area contributed by atoms with Crippen molar-refractivity contribution in [1.29, 1.82) is 0 Å². The number of amides is 1. The average molecular weight is 309 g/mol. The second-order valence-electron chi connectivity index (χ2n) is 5.04. The van der Waals surface area contributed by atoms with Gasteiger partial charge in [0.15, 0.2) is 5.65 Å². The van der Waals surface area contributed by atoms with Crippen LogP contribution >= 0.6 is 0 Å². The maximum Gasteiger partial charge on any atom is 0.348 e. The predicted octanol–water partition coefficient (Wildman–Crippen LogP) is -1.28. The third-order valence-corrected chi connectivity index (χ3v) is 3.44. The van der Waals surface area contributed by atoms with Crippen LogP contribution in [0.2, 0.25) is 0 Å². The first kappa shape index (κ1) is 14.6. The fourth-order valence-corrected chi connectivity index (χ4v) is 2.46. The third-order valence-electron chi connectivity index (χ3n) is 3.44. The van der Waals surface area contributed by atoms with E-state index >= 15 is 0 Å². The summed E-state index contributed by atoms with van der Waals surface area (Å²) in [5, 5.41) is 21.4. The highest BCUT2D eigenvalue weighted by molar-refractivity contribution is 5.95. The molecule has 3 rings (SSSR count). The Morgan fingerprint density at radius 3 is 3.05 bits per heavy atom. The largest absolute Gasteiger partial charge is 0.394 e. The number of aliphatic hydroxyl groups is 2. The number of nitrogens with one attached hydrogen (secondary N) is 2. The van der Waals surface area contributed by atoms with Crippen molar-refractivity contribution in [2.75, 3.05) is 11.9 Å². The van der Waals surface area contributed by atoms with Gasteiger partial charge in [-0.3, -0.25) is 14.3 Å². The summed E-state index contributed by atoms with van der Waals surface area (Å²) in [5.74, 6) is -0.205. The molecule has 0 aliphatic carbocycles. The number of fused-ring (bicyclic) bond motifs is 1. The lowest BCUT2D eigenvalue weighted by molar-refractivity contribution is -0.114. The summed E-state index contributed by atoms with van der Waals surface area (Å²) in [6.45, 7) is 0.999. The standard InChI is InChI=1S/C12H15N5O5/c1-5(19)14-10-9-11(16-12(21)15-10)17(4-13-9)8-2-6(20)7(3-18)22-8/h4,6-8,18,20H,2-3H2,1H3,(H2,14,15,16,19,21)/t6-,7+,8+/m0/s1. The highest BCUT2D eigenvalue weighted by atomic mass is 16.5. The lowest BCUT2D eigenvalue weighted by atomic mass is 10.2. The zero-order valence-corrected chi connectivity index (χ0v) is 11.7. The normalized spacial score (nSPS) is 24.8. The summed E-state index contributed by atoms with van der Waals surface area (Å²) in [6.07, 6.45) is -0.464. The highest BCUT2D eigenvalue weighted by Crippen LogP contribution is 2.31. The predicted molar refractivity (Wildman–Crippen MR) is 74.1 cm³/mol. The van der Waals surface area contributed by atoms with Crippen LogP contribution in [0, 0.1) is 0 Å². The van der Waals surface area contributed by atoms with Gasteiger partial charge in [0, 0.05) is 13.3 Å². The van der Waals surface area contributed by atoms with Gasteiger partial charge in [-0.15, -0.1) is 0 Å². The minimum Gasteiger partial charge on any atom is -0.394 e. The number of carbonyl (C=O) groups excluding carboxylic acids is 1. The van der Waals surface area contributed by atoms with Gasteiger partial charge in [-0.1, -0.05) is 0 Å². The fourth-order valence-electron chi connectivity index (χ4n) is 2.46. The molecule has 2 aromatic heterocycles. The van der Waals surface area contributed by atoms with Gasteiger partial charge in [0.25, 0.3) is 0 Å². The van der Waals surface area contributed by atoms with Crippen LogP contribution in [0.1, 0.15) is 19.6 Å². The van der Waals surface area contributed by atoms with Crippen LogP contribution in [-0.4, -0.2) is 54.5 Å². The molecule has 0 spiro atoms. The van der Waals surface area contributed by atoms with Crippen molar-refractivity contribution in [3.63, 3.8) is 0 Å². The van der Waals surface area contributed by atoms with E-state index in [1.54, 1.807) is 0 Å². The SMILES string of the molecule is CC(=O)Nc1[nH]c(=O)nc2c1ncn2[C@H]1C[C@H](O)[C@@H](CO)O1. The number of hydrogen-bond acceptors (Lipinski definition) is 7. The second kappa shape index (κ2) is 5.48. The first-order valence-corrected chi connectivity index (χ1v) is 6.68. The maximum absolute atomic E-state index is 11.6. The summed E-state index contributed by atoms with van der Waals surface area (Å²) in [4.78, 5) is 33.2. The molecule has 10 heteroatoms. The van der Waals surface area contributed by atoms with Crippen molar-refractivity contribution in [2.24, 2.45) is 0 Å². The zero-order chi connectivity index (χ0) is 15.9. The number of ether oxygens (including phenoxy) is 1. The van der Waals surface area contributed by atoms with Crippen molar-refractivity contribution < 1.29 is 19.7 Å². The van der Waals surface area contributed by atoms with E-state index in [9.17, 15) is 14.7 Å². The Kier molecular flexibility index (Phi) is 3.64. The first-order valence-electron chi connectivity index (χ1n) is 6.68. The van der Waals surface area contributed by atoms with E-state index in [2.05, 4.69) is 20.3 Å². The minimum atomic E-state index is -0.815. The smallest absolute Gasteiger partial charge is 0.348 e. The van der Waals surface area contributed by atoms with E-state index in [4.69, 9.17) is 9.84 Å². The van der Waals surface area contributed by atoms with Crippen molar-refractivity contribution in [3.05, 3.63) is 16.8 Å². The van der Waals surface area contributed by atoms with Gasteiger partial charge in [-0.2, -0.15) is 4.98 Å². The average Bonchev–Trinajstić information content (AvgIpc) is 3.01. The van der Waals surface area contributed by atoms with E-state index in [0.717, 1.165) is 0 Å². The van der Waals surface area contributed by atoms with Gasteiger partial charge < -0.3 is 20.3 Å². The minimum absolute atomic E-state index is 0.151. The van der Waals surface area contributed by atoms with E-state index in [1.807, 2.05) is 0 Å². The molecule has 0 saturated carbocycles. The molecule has 0 radical (unpaired) electrons. The van der Waals surface area contributed by atoms with Crippen LogP contribution in [0.5, 0.6) is 0 Å². The maximum atomic E-state index is 11.6. The molecule has 1 aliphatic heterocycles.